The van der Waals surface area contributed by atoms with Crippen molar-refractivity contribution in [2.45, 2.75) is 31.4 Å². The second-order valence-corrected chi connectivity index (χ2v) is 6.04. The third-order valence-corrected chi connectivity index (χ3v) is 3.79. The van der Waals surface area contributed by atoms with Gasteiger partial charge < -0.3 is 4.74 Å². The molecule has 0 radical (unpaired) electrons. The average Bonchev–Trinajstić information content (AvgIpc) is 2.18. The van der Waals surface area contributed by atoms with Gasteiger partial charge in [0.2, 0.25) is 0 Å². The standard InChI is InChI=1S/C11H18O3S/c1-3-4-9-14-10-5-7-11(8-6-10)15(2,12)13/h5-7,11H,3-4,8-9H2,1-2H3. The first kappa shape index (κ1) is 12.3. The van der Waals surface area contributed by atoms with Crippen LogP contribution in [-0.2, 0) is 14.6 Å². The zero-order valence-electron chi connectivity index (χ0n) is 9.27. The maximum atomic E-state index is 11.2. The number of sulfone groups is 1. The Hall–Kier alpha value is -0.770. The molecule has 1 unspecified atom stereocenters. The molecule has 1 atom stereocenters. The molecule has 0 aliphatic heterocycles. The van der Waals surface area contributed by atoms with Gasteiger partial charge in [0.05, 0.1) is 11.9 Å². The Balaban J connectivity index is 2.44. The predicted octanol–water partition coefficient (Wildman–Crippen LogP) is 2.06. The van der Waals surface area contributed by atoms with Gasteiger partial charge in [-0.05, 0) is 25.0 Å². The number of allylic oxidation sites excluding steroid dienone is 2. The van der Waals surface area contributed by atoms with Crippen LogP contribution in [-0.4, -0.2) is 26.5 Å². The molecular formula is C11H18O3S. The highest BCUT2D eigenvalue weighted by atomic mass is 32.2. The van der Waals surface area contributed by atoms with Gasteiger partial charge in [-0.25, -0.2) is 8.42 Å². The first-order chi connectivity index (χ1) is 7.04. The van der Waals surface area contributed by atoms with Gasteiger partial charge in [-0.15, -0.1) is 0 Å². The Morgan fingerprint density at radius 1 is 1.53 bits per heavy atom. The first-order valence-corrected chi connectivity index (χ1v) is 7.19. The summed E-state index contributed by atoms with van der Waals surface area (Å²) in [5.74, 6) is 0.795. The Kier molecular flexibility index (Phi) is 4.39. The van der Waals surface area contributed by atoms with E-state index in [1.54, 1.807) is 12.2 Å². The molecule has 15 heavy (non-hydrogen) atoms. The highest BCUT2D eigenvalue weighted by Gasteiger charge is 2.19. The van der Waals surface area contributed by atoms with Crippen molar-refractivity contribution in [1.29, 1.82) is 0 Å². The minimum Gasteiger partial charge on any atom is -0.494 e. The second-order valence-electron chi connectivity index (χ2n) is 3.77. The molecule has 0 saturated carbocycles. The average molecular weight is 230 g/mol. The molecule has 1 rings (SSSR count). The van der Waals surface area contributed by atoms with Crippen LogP contribution in [0.1, 0.15) is 26.2 Å². The maximum absolute atomic E-state index is 11.2. The van der Waals surface area contributed by atoms with Crippen molar-refractivity contribution in [2.24, 2.45) is 0 Å². The summed E-state index contributed by atoms with van der Waals surface area (Å²) in [5, 5.41) is -0.379. The van der Waals surface area contributed by atoms with E-state index in [1.807, 2.05) is 6.08 Å². The van der Waals surface area contributed by atoms with Crippen molar-refractivity contribution in [3.63, 3.8) is 0 Å². The van der Waals surface area contributed by atoms with E-state index >= 15 is 0 Å². The zero-order valence-corrected chi connectivity index (χ0v) is 10.1. The van der Waals surface area contributed by atoms with E-state index in [2.05, 4.69) is 6.92 Å². The first-order valence-electron chi connectivity index (χ1n) is 5.24. The van der Waals surface area contributed by atoms with Crippen LogP contribution in [0.2, 0.25) is 0 Å². The molecule has 0 bridgehead atoms. The van der Waals surface area contributed by atoms with Crippen molar-refractivity contribution in [1.82, 2.24) is 0 Å². The summed E-state index contributed by atoms with van der Waals surface area (Å²) in [6, 6.07) is 0. The van der Waals surface area contributed by atoms with Crippen molar-refractivity contribution in [3.8, 4) is 0 Å². The fourth-order valence-corrected chi connectivity index (χ4v) is 2.15. The topological polar surface area (TPSA) is 43.4 Å². The molecule has 0 fully saturated rings. The molecule has 0 N–H and O–H groups in total. The summed E-state index contributed by atoms with van der Waals surface area (Å²) in [6.07, 6.45) is 9.22. The van der Waals surface area contributed by atoms with Gasteiger partial charge in [-0.2, -0.15) is 0 Å². The van der Waals surface area contributed by atoms with Crippen LogP contribution < -0.4 is 0 Å². The molecule has 0 aromatic heterocycles. The summed E-state index contributed by atoms with van der Waals surface area (Å²) in [4.78, 5) is 0. The van der Waals surface area contributed by atoms with Crippen LogP contribution in [0.25, 0.3) is 0 Å². The molecular weight excluding hydrogens is 212 g/mol. The minimum absolute atomic E-state index is 0.379. The monoisotopic (exact) mass is 230 g/mol. The second kappa shape index (κ2) is 5.35. The number of hydrogen-bond acceptors (Lipinski definition) is 3. The molecule has 0 spiro atoms. The molecule has 1 aliphatic carbocycles. The van der Waals surface area contributed by atoms with Gasteiger partial charge in [-0.1, -0.05) is 19.4 Å². The van der Waals surface area contributed by atoms with Gasteiger partial charge in [0.25, 0.3) is 0 Å². The number of hydrogen-bond donors (Lipinski definition) is 0. The van der Waals surface area contributed by atoms with Gasteiger partial charge >= 0.3 is 0 Å². The third kappa shape index (κ3) is 4.08. The molecule has 4 heteroatoms. The molecule has 0 aromatic rings. The molecule has 3 nitrogen and oxygen atoms in total. The van der Waals surface area contributed by atoms with Crippen LogP contribution >= 0.6 is 0 Å². The number of ether oxygens (including phenoxy) is 1. The van der Waals surface area contributed by atoms with E-state index in [0.717, 1.165) is 18.6 Å². The van der Waals surface area contributed by atoms with Crippen molar-refractivity contribution < 1.29 is 13.2 Å². The largest absolute Gasteiger partial charge is 0.494 e. The smallest absolute Gasteiger partial charge is 0.154 e. The van der Waals surface area contributed by atoms with E-state index in [-0.39, 0.29) is 5.25 Å². The van der Waals surface area contributed by atoms with Crippen LogP contribution in [0.3, 0.4) is 0 Å². The highest BCUT2D eigenvalue weighted by Crippen LogP contribution is 2.17. The van der Waals surface area contributed by atoms with Gasteiger partial charge in [-0.3, -0.25) is 0 Å². The van der Waals surface area contributed by atoms with Gasteiger partial charge in [0, 0.05) is 6.26 Å². The lowest BCUT2D eigenvalue weighted by Crippen LogP contribution is -2.18. The Morgan fingerprint density at radius 2 is 2.27 bits per heavy atom. The van der Waals surface area contributed by atoms with Crippen LogP contribution in [0.15, 0.2) is 24.0 Å². The van der Waals surface area contributed by atoms with E-state index in [0.29, 0.717) is 13.0 Å². The van der Waals surface area contributed by atoms with Gasteiger partial charge in [0.1, 0.15) is 5.76 Å². The van der Waals surface area contributed by atoms with Crippen LogP contribution in [0, 0.1) is 0 Å². The lowest BCUT2D eigenvalue weighted by molar-refractivity contribution is 0.217. The molecule has 86 valence electrons. The number of rotatable bonds is 5. The maximum Gasteiger partial charge on any atom is 0.154 e. The number of unbranched alkanes of at least 4 members (excludes halogenated alkanes) is 1. The fraction of sp³-hybridized carbons (Fsp3) is 0.636. The van der Waals surface area contributed by atoms with Crippen molar-refractivity contribution in [3.05, 3.63) is 24.0 Å². The molecule has 0 amide bonds. The summed E-state index contributed by atoms with van der Waals surface area (Å²) >= 11 is 0. The zero-order chi connectivity index (χ0) is 11.3. The normalized spacial score (nSPS) is 21.2. The fourth-order valence-electron chi connectivity index (χ4n) is 1.34. The van der Waals surface area contributed by atoms with E-state index in [4.69, 9.17) is 4.74 Å². The molecule has 1 aliphatic rings. The summed E-state index contributed by atoms with van der Waals surface area (Å²) in [5.41, 5.74) is 0. The summed E-state index contributed by atoms with van der Waals surface area (Å²) in [6.45, 7) is 2.81. The Labute approximate surface area is 91.7 Å². The third-order valence-electron chi connectivity index (χ3n) is 2.34. The minimum atomic E-state index is -2.96. The van der Waals surface area contributed by atoms with Crippen molar-refractivity contribution in [2.75, 3.05) is 12.9 Å². The highest BCUT2D eigenvalue weighted by molar-refractivity contribution is 7.91. The van der Waals surface area contributed by atoms with Gasteiger partial charge in [0.15, 0.2) is 9.84 Å². The van der Waals surface area contributed by atoms with E-state index < -0.39 is 9.84 Å². The van der Waals surface area contributed by atoms with Crippen LogP contribution in [0.4, 0.5) is 0 Å². The summed E-state index contributed by atoms with van der Waals surface area (Å²) in [7, 11) is -2.96. The van der Waals surface area contributed by atoms with E-state index in [9.17, 15) is 8.42 Å². The Morgan fingerprint density at radius 3 is 2.73 bits per heavy atom. The van der Waals surface area contributed by atoms with Crippen molar-refractivity contribution >= 4 is 9.84 Å². The lowest BCUT2D eigenvalue weighted by atomic mass is 10.2. The quantitative estimate of drug-likeness (QED) is 0.679. The Bertz CT molecular complexity index is 352. The molecule has 0 heterocycles. The molecule has 0 aromatic carbocycles. The molecule has 0 saturated heterocycles. The lowest BCUT2D eigenvalue weighted by Gasteiger charge is -2.15. The van der Waals surface area contributed by atoms with E-state index in [1.165, 1.54) is 6.26 Å². The predicted molar refractivity (Wildman–Crippen MR) is 61.3 cm³/mol. The summed E-state index contributed by atoms with van der Waals surface area (Å²) < 4.78 is 27.9. The van der Waals surface area contributed by atoms with Crippen LogP contribution in [0.5, 0.6) is 0 Å². The SMILES string of the molecule is CCCCOC1=CCC(S(C)(=O)=O)C=C1.